The highest BCUT2D eigenvalue weighted by atomic mass is 19.1. The van der Waals surface area contributed by atoms with Gasteiger partial charge in [0.2, 0.25) is 5.95 Å². The second kappa shape index (κ2) is 9.23. The SMILES string of the molecule is C.COC1CN(c2ncc(-c3cccc(COC(=O)CC(=N)N)c3F)cn2)C1. The van der Waals surface area contributed by atoms with E-state index in [0.717, 1.165) is 13.1 Å². The number of anilines is 1. The summed E-state index contributed by atoms with van der Waals surface area (Å²) in [5.74, 6) is -0.913. The average Bonchev–Trinajstić information content (AvgIpc) is 2.60. The van der Waals surface area contributed by atoms with E-state index < -0.39 is 11.8 Å². The molecular formula is C19H24FN5O3. The van der Waals surface area contributed by atoms with E-state index in [0.29, 0.717) is 17.1 Å². The summed E-state index contributed by atoms with van der Waals surface area (Å²) in [5.41, 5.74) is 6.21. The number of methoxy groups -OCH3 is 1. The van der Waals surface area contributed by atoms with E-state index in [2.05, 4.69) is 9.97 Å². The quantitative estimate of drug-likeness (QED) is 0.423. The molecule has 28 heavy (non-hydrogen) atoms. The van der Waals surface area contributed by atoms with Crippen LogP contribution in [0.3, 0.4) is 0 Å². The van der Waals surface area contributed by atoms with E-state index in [1.165, 1.54) is 6.07 Å². The maximum atomic E-state index is 14.8. The molecule has 0 spiro atoms. The number of halogens is 1. The Morgan fingerprint density at radius 3 is 2.64 bits per heavy atom. The van der Waals surface area contributed by atoms with Crippen LogP contribution >= 0.6 is 0 Å². The van der Waals surface area contributed by atoms with E-state index >= 15 is 0 Å². The van der Waals surface area contributed by atoms with Gasteiger partial charge in [0.1, 0.15) is 24.7 Å². The zero-order valence-corrected chi connectivity index (χ0v) is 14.8. The van der Waals surface area contributed by atoms with Gasteiger partial charge in [-0.2, -0.15) is 0 Å². The Morgan fingerprint density at radius 1 is 1.36 bits per heavy atom. The summed E-state index contributed by atoms with van der Waals surface area (Å²) < 4.78 is 24.9. The molecule has 1 aromatic heterocycles. The molecule has 9 heteroatoms. The van der Waals surface area contributed by atoms with Crippen LogP contribution < -0.4 is 10.6 Å². The van der Waals surface area contributed by atoms with Crippen molar-refractivity contribution >= 4 is 17.8 Å². The van der Waals surface area contributed by atoms with Crippen molar-refractivity contribution < 1.29 is 18.7 Å². The summed E-state index contributed by atoms with van der Waals surface area (Å²) in [6, 6.07) is 4.80. The van der Waals surface area contributed by atoms with Crippen molar-refractivity contribution in [2.45, 2.75) is 26.6 Å². The summed E-state index contributed by atoms with van der Waals surface area (Å²) in [7, 11) is 1.67. The number of nitrogens with zero attached hydrogens (tertiary/aromatic N) is 3. The van der Waals surface area contributed by atoms with Gasteiger partial charge in [-0.25, -0.2) is 14.4 Å². The molecule has 0 saturated carbocycles. The van der Waals surface area contributed by atoms with Gasteiger partial charge in [-0.3, -0.25) is 10.2 Å². The third kappa shape index (κ3) is 4.80. The molecule has 1 aliphatic rings. The Labute approximate surface area is 163 Å². The normalized spacial score (nSPS) is 13.4. The number of rotatable bonds is 7. The lowest BCUT2D eigenvalue weighted by atomic mass is 10.1. The summed E-state index contributed by atoms with van der Waals surface area (Å²) in [5, 5.41) is 7.06. The molecule has 3 N–H and O–H groups in total. The summed E-state index contributed by atoms with van der Waals surface area (Å²) in [4.78, 5) is 22.0. The molecule has 2 heterocycles. The second-order valence-corrected chi connectivity index (χ2v) is 6.18. The van der Waals surface area contributed by atoms with Crippen LogP contribution in [-0.4, -0.2) is 48.1 Å². The van der Waals surface area contributed by atoms with Gasteiger partial charge < -0.3 is 20.1 Å². The van der Waals surface area contributed by atoms with E-state index in [-0.39, 0.29) is 38.0 Å². The van der Waals surface area contributed by atoms with Gasteiger partial charge >= 0.3 is 5.97 Å². The predicted octanol–water partition coefficient (Wildman–Crippen LogP) is 2.12. The molecule has 1 aromatic carbocycles. The lowest BCUT2D eigenvalue weighted by Gasteiger charge is -2.37. The molecule has 0 radical (unpaired) electrons. The zero-order valence-electron chi connectivity index (χ0n) is 14.8. The van der Waals surface area contributed by atoms with E-state index in [1.807, 2.05) is 4.90 Å². The molecule has 1 fully saturated rings. The largest absolute Gasteiger partial charge is 0.460 e. The maximum Gasteiger partial charge on any atom is 0.313 e. The van der Waals surface area contributed by atoms with Crippen molar-refractivity contribution in [3.05, 3.63) is 42.0 Å². The molecule has 0 bridgehead atoms. The standard InChI is InChI=1S/C18H20FN5O3.CH4/c1-26-13-8-24(9-13)18-22-6-12(7-23-18)14-4-2-3-11(17(14)19)10-27-16(25)5-15(20)21;/h2-4,6-7,13H,5,8-10H2,1H3,(H3,20,21);1H4. The fourth-order valence-electron chi connectivity index (χ4n) is 2.65. The highest BCUT2D eigenvalue weighted by molar-refractivity contribution is 5.94. The van der Waals surface area contributed by atoms with Crippen LogP contribution in [0.15, 0.2) is 30.6 Å². The number of carbonyl (C=O) groups excluding carboxylic acids is 1. The summed E-state index contributed by atoms with van der Waals surface area (Å²) in [6.07, 6.45) is 2.99. The van der Waals surface area contributed by atoms with Crippen LogP contribution in [0.1, 0.15) is 19.4 Å². The minimum atomic E-state index is -0.677. The van der Waals surface area contributed by atoms with Gasteiger partial charge in [0, 0.05) is 49.3 Å². The van der Waals surface area contributed by atoms with Crippen molar-refractivity contribution in [2.24, 2.45) is 5.73 Å². The Kier molecular flexibility index (Phi) is 7.00. The summed E-state index contributed by atoms with van der Waals surface area (Å²) in [6.45, 7) is 1.22. The van der Waals surface area contributed by atoms with Gasteiger partial charge in [0.05, 0.1) is 6.10 Å². The van der Waals surface area contributed by atoms with Crippen LogP contribution in [0, 0.1) is 11.2 Å². The molecular weight excluding hydrogens is 365 g/mol. The third-order valence-electron chi connectivity index (χ3n) is 4.22. The van der Waals surface area contributed by atoms with Crippen molar-refractivity contribution in [2.75, 3.05) is 25.1 Å². The number of nitrogens with two attached hydrogens (primary N) is 1. The number of amidine groups is 1. The minimum Gasteiger partial charge on any atom is -0.460 e. The maximum absolute atomic E-state index is 14.8. The number of ether oxygens (including phenoxy) is 2. The van der Waals surface area contributed by atoms with Crippen LogP contribution in [0.4, 0.5) is 10.3 Å². The molecule has 0 amide bonds. The molecule has 150 valence electrons. The number of aromatic nitrogens is 2. The van der Waals surface area contributed by atoms with Gasteiger partial charge in [0.25, 0.3) is 0 Å². The number of esters is 1. The van der Waals surface area contributed by atoms with Crippen LogP contribution in [0.2, 0.25) is 0 Å². The highest BCUT2D eigenvalue weighted by Gasteiger charge is 2.28. The number of carbonyl (C=O) groups is 1. The Hall–Kier alpha value is -3.07. The minimum absolute atomic E-state index is 0. The molecule has 1 aliphatic heterocycles. The Morgan fingerprint density at radius 2 is 2.04 bits per heavy atom. The lowest BCUT2D eigenvalue weighted by molar-refractivity contribution is -0.143. The first kappa shape index (κ1) is 21.2. The third-order valence-corrected chi connectivity index (χ3v) is 4.22. The van der Waals surface area contributed by atoms with Crippen LogP contribution in [0.5, 0.6) is 0 Å². The molecule has 3 rings (SSSR count). The van der Waals surface area contributed by atoms with Gasteiger partial charge in [-0.1, -0.05) is 25.6 Å². The molecule has 0 unspecified atom stereocenters. The first-order chi connectivity index (χ1) is 13.0. The highest BCUT2D eigenvalue weighted by Crippen LogP contribution is 2.26. The van der Waals surface area contributed by atoms with Crippen molar-refractivity contribution in [3.63, 3.8) is 0 Å². The first-order valence-corrected chi connectivity index (χ1v) is 8.34. The Balaban J connectivity index is 0.00000280. The van der Waals surface area contributed by atoms with Crippen LogP contribution in [-0.2, 0) is 20.9 Å². The topological polar surface area (TPSA) is 114 Å². The summed E-state index contributed by atoms with van der Waals surface area (Å²) >= 11 is 0. The molecule has 1 saturated heterocycles. The number of hydrogen-bond donors (Lipinski definition) is 2. The van der Waals surface area contributed by atoms with Gasteiger partial charge in [-0.15, -0.1) is 0 Å². The fraction of sp³-hybridized carbons (Fsp3) is 0.368. The number of nitrogens with one attached hydrogen (secondary N) is 1. The fourth-order valence-corrected chi connectivity index (χ4v) is 2.65. The van der Waals surface area contributed by atoms with E-state index in [1.54, 1.807) is 31.6 Å². The second-order valence-electron chi connectivity index (χ2n) is 6.18. The molecule has 8 nitrogen and oxygen atoms in total. The monoisotopic (exact) mass is 389 g/mol. The van der Waals surface area contributed by atoms with Crippen LogP contribution in [0.25, 0.3) is 11.1 Å². The first-order valence-electron chi connectivity index (χ1n) is 8.34. The average molecular weight is 389 g/mol. The number of hydrogen-bond acceptors (Lipinski definition) is 7. The van der Waals surface area contributed by atoms with E-state index in [9.17, 15) is 9.18 Å². The van der Waals surface area contributed by atoms with Gasteiger partial charge in [-0.05, 0) is 0 Å². The number of benzene rings is 1. The van der Waals surface area contributed by atoms with E-state index in [4.69, 9.17) is 20.6 Å². The van der Waals surface area contributed by atoms with Crippen molar-refractivity contribution in [3.8, 4) is 11.1 Å². The predicted molar refractivity (Wildman–Crippen MR) is 103 cm³/mol. The molecule has 0 atom stereocenters. The molecule has 0 aliphatic carbocycles. The zero-order chi connectivity index (χ0) is 19.4. The van der Waals surface area contributed by atoms with Crippen molar-refractivity contribution in [1.29, 1.82) is 5.41 Å². The van der Waals surface area contributed by atoms with Gasteiger partial charge in [0.15, 0.2) is 0 Å². The van der Waals surface area contributed by atoms with Crippen molar-refractivity contribution in [1.82, 2.24) is 9.97 Å². The molecule has 2 aromatic rings. The lowest BCUT2D eigenvalue weighted by Crippen LogP contribution is -2.52. The Bertz CT molecular complexity index is 838. The smallest absolute Gasteiger partial charge is 0.313 e.